The van der Waals surface area contributed by atoms with Crippen LogP contribution in [0.1, 0.15) is 18.9 Å². The van der Waals surface area contributed by atoms with Crippen LogP contribution in [0.15, 0.2) is 22.7 Å². The Morgan fingerprint density at radius 1 is 1.56 bits per heavy atom. The Balaban J connectivity index is 2.00. The summed E-state index contributed by atoms with van der Waals surface area (Å²) in [5.41, 5.74) is 1.13. The van der Waals surface area contributed by atoms with Crippen LogP contribution < -0.4 is 0 Å². The smallest absolute Gasteiger partial charge is 0.283 e. The Kier molecular flexibility index (Phi) is 4.02. The second kappa shape index (κ2) is 5.36. The summed E-state index contributed by atoms with van der Waals surface area (Å²) in [6, 6.07) is 5.34. The molecule has 4 nitrogen and oxygen atoms in total. The van der Waals surface area contributed by atoms with E-state index in [9.17, 15) is 10.1 Å². The molecule has 1 aromatic carbocycles. The molecule has 0 bridgehead atoms. The lowest BCUT2D eigenvalue weighted by Gasteiger charge is -2.16. The molecule has 2 unspecified atom stereocenters. The molecular formula is C13H17BrN2O2. The van der Waals surface area contributed by atoms with Gasteiger partial charge in [-0.05, 0) is 52.9 Å². The third-order valence-electron chi connectivity index (χ3n) is 3.48. The van der Waals surface area contributed by atoms with E-state index in [0.29, 0.717) is 4.47 Å². The second-order valence-corrected chi connectivity index (χ2v) is 6.07. The fourth-order valence-corrected chi connectivity index (χ4v) is 2.62. The maximum Gasteiger partial charge on any atom is 0.283 e. The molecule has 1 aromatic rings. The molecule has 0 radical (unpaired) electrons. The van der Waals surface area contributed by atoms with E-state index in [-0.39, 0.29) is 10.6 Å². The summed E-state index contributed by atoms with van der Waals surface area (Å²) in [5.74, 6) is 1.65. The summed E-state index contributed by atoms with van der Waals surface area (Å²) in [6.45, 7) is 4.10. The maximum absolute atomic E-state index is 10.9. The SMILES string of the molecule is CC1CC1CN(C)Cc1ccc(Br)c([N+](=O)[O-])c1. The third kappa shape index (κ3) is 3.29. The zero-order valence-electron chi connectivity index (χ0n) is 10.6. The van der Waals surface area contributed by atoms with Gasteiger partial charge in [0.1, 0.15) is 0 Å². The molecule has 2 rings (SSSR count). The minimum atomic E-state index is -0.351. The number of benzene rings is 1. The molecule has 0 aliphatic heterocycles. The molecule has 0 N–H and O–H groups in total. The first-order valence-corrected chi connectivity index (χ1v) is 6.88. The number of nitrogens with zero attached hydrogens (tertiary/aromatic N) is 2. The van der Waals surface area contributed by atoms with Crippen LogP contribution in [0, 0.1) is 22.0 Å². The van der Waals surface area contributed by atoms with Crippen LogP contribution in [0.4, 0.5) is 5.69 Å². The summed E-state index contributed by atoms with van der Waals surface area (Å²) in [7, 11) is 2.07. The minimum absolute atomic E-state index is 0.140. The predicted molar refractivity (Wildman–Crippen MR) is 74.4 cm³/mol. The molecule has 98 valence electrons. The molecule has 0 heterocycles. The van der Waals surface area contributed by atoms with Crippen molar-refractivity contribution in [2.24, 2.45) is 11.8 Å². The zero-order valence-corrected chi connectivity index (χ0v) is 12.2. The van der Waals surface area contributed by atoms with Gasteiger partial charge in [-0.1, -0.05) is 13.0 Å². The zero-order chi connectivity index (χ0) is 13.3. The lowest BCUT2D eigenvalue weighted by molar-refractivity contribution is -0.385. The van der Waals surface area contributed by atoms with Crippen molar-refractivity contribution in [2.75, 3.05) is 13.6 Å². The van der Waals surface area contributed by atoms with Gasteiger partial charge in [-0.15, -0.1) is 0 Å². The average molecular weight is 313 g/mol. The summed E-state index contributed by atoms with van der Waals surface area (Å²) >= 11 is 3.20. The van der Waals surface area contributed by atoms with Gasteiger partial charge in [0, 0.05) is 19.2 Å². The highest BCUT2D eigenvalue weighted by molar-refractivity contribution is 9.10. The number of nitro benzene ring substituents is 1. The van der Waals surface area contributed by atoms with E-state index in [1.54, 1.807) is 12.1 Å². The fraction of sp³-hybridized carbons (Fsp3) is 0.538. The van der Waals surface area contributed by atoms with E-state index in [0.717, 1.165) is 30.5 Å². The normalized spacial score (nSPS) is 22.2. The maximum atomic E-state index is 10.9. The van der Waals surface area contributed by atoms with Gasteiger partial charge in [-0.3, -0.25) is 10.1 Å². The summed E-state index contributed by atoms with van der Waals surface area (Å²) < 4.78 is 0.537. The lowest BCUT2D eigenvalue weighted by atomic mass is 10.2. The highest BCUT2D eigenvalue weighted by atomic mass is 79.9. The van der Waals surface area contributed by atoms with E-state index in [4.69, 9.17) is 0 Å². The topological polar surface area (TPSA) is 46.4 Å². The van der Waals surface area contributed by atoms with E-state index in [1.807, 2.05) is 6.07 Å². The van der Waals surface area contributed by atoms with E-state index < -0.39 is 0 Å². The molecule has 1 aliphatic rings. The van der Waals surface area contributed by atoms with Crippen molar-refractivity contribution in [3.63, 3.8) is 0 Å². The Morgan fingerprint density at radius 3 is 2.78 bits per heavy atom. The van der Waals surface area contributed by atoms with Gasteiger partial charge in [0.15, 0.2) is 0 Å². The van der Waals surface area contributed by atoms with Gasteiger partial charge in [0.05, 0.1) is 9.40 Å². The van der Waals surface area contributed by atoms with Gasteiger partial charge in [0.25, 0.3) is 5.69 Å². The Bertz CT molecular complexity index is 464. The van der Waals surface area contributed by atoms with Gasteiger partial charge in [-0.2, -0.15) is 0 Å². The van der Waals surface area contributed by atoms with Crippen molar-refractivity contribution in [3.8, 4) is 0 Å². The van der Waals surface area contributed by atoms with Gasteiger partial charge in [0.2, 0.25) is 0 Å². The summed E-state index contributed by atoms with van der Waals surface area (Å²) in [6.07, 6.45) is 1.31. The Labute approximate surface area is 115 Å². The molecular weight excluding hydrogens is 296 g/mol. The number of nitro groups is 1. The summed E-state index contributed by atoms with van der Waals surface area (Å²) in [4.78, 5) is 12.7. The van der Waals surface area contributed by atoms with Crippen molar-refractivity contribution in [2.45, 2.75) is 19.9 Å². The monoisotopic (exact) mass is 312 g/mol. The number of halogens is 1. The van der Waals surface area contributed by atoms with Crippen LogP contribution in [0.3, 0.4) is 0 Å². The molecule has 0 spiro atoms. The van der Waals surface area contributed by atoms with Gasteiger partial charge >= 0.3 is 0 Å². The summed E-state index contributed by atoms with van der Waals surface area (Å²) in [5, 5.41) is 10.9. The van der Waals surface area contributed by atoms with Crippen molar-refractivity contribution < 1.29 is 4.92 Å². The van der Waals surface area contributed by atoms with Crippen LogP contribution in [0.2, 0.25) is 0 Å². The standard InChI is InChI=1S/C13H17BrN2O2/c1-9-5-11(9)8-15(2)7-10-3-4-12(14)13(6-10)16(17)18/h3-4,6,9,11H,5,7-8H2,1-2H3. The second-order valence-electron chi connectivity index (χ2n) is 5.21. The van der Waals surface area contributed by atoms with E-state index in [1.165, 1.54) is 6.42 Å². The van der Waals surface area contributed by atoms with Crippen LogP contribution in [0.25, 0.3) is 0 Å². The van der Waals surface area contributed by atoms with Crippen LogP contribution in [-0.4, -0.2) is 23.4 Å². The number of hydrogen-bond acceptors (Lipinski definition) is 3. The van der Waals surface area contributed by atoms with Crippen molar-refractivity contribution >= 4 is 21.6 Å². The first kappa shape index (κ1) is 13.5. The predicted octanol–water partition coefficient (Wildman–Crippen LogP) is 3.45. The Morgan fingerprint density at radius 2 is 2.22 bits per heavy atom. The van der Waals surface area contributed by atoms with E-state index in [2.05, 4.69) is 34.8 Å². The molecule has 0 saturated heterocycles. The van der Waals surface area contributed by atoms with E-state index >= 15 is 0 Å². The van der Waals surface area contributed by atoms with Crippen molar-refractivity contribution in [1.82, 2.24) is 4.90 Å². The quantitative estimate of drug-likeness (QED) is 0.618. The first-order chi connectivity index (χ1) is 8.47. The molecule has 1 saturated carbocycles. The molecule has 1 fully saturated rings. The Hall–Kier alpha value is -0.940. The molecule has 5 heteroatoms. The third-order valence-corrected chi connectivity index (χ3v) is 4.15. The van der Waals surface area contributed by atoms with Crippen molar-refractivity contribution in [1.29, 1.82) is 0 Å². The largest absolute Gasteiger partial charge is 0.302 e. The van der Waals surface area contributed by atoms with Crippen LogP contribution >= 0.6 is 15.9 Å². The molecule has 0 aromatic heterocycles. The average Bonchev–Trinajstić information content (AvgIpc) is 2.96. The number of rotatable bonds is 5. The van der Waals surface area contributed by atoms with Crippen LogP contribution in [-0.2, 0) is 6.54 Å². The highest BCUT2D eigenvalue weighted by Crippen LogP contribution is 2.38. The molecule has 0 amide bonds. The lowest BCUT2D eigenvalue weighted by Crippen LogP contribution is -2.20. The van der Waals surface area contributed by atoms with Crippen molar-refractivity contribution in [3.05, 3.63) is 38.3 Å². The van der Waals surface area contributed by atoms with Crippen LogP contribution in [0.5, 0.6) is 0 Å². The number of hydrogen-bond donors (Lipinski definition) is 0. The molecule has 18 heavy (non-hydrogen) atoms. The molecule has 1 aliphatic carbocycles. The fourth-order valence-electron chi connectivity index (χ4n) is 2.23. The first-order valence-electron chi connectivity index (χ1n) is 6.08. The van der Waals surface area contributed by atoms with Gasteiger partial charge in [-0.25, -0.2) is 0 Å². The highest BCUT2D eigenvalue weighted by Gasteiger charge is 2.33. The molecule has 2 atom stereocenters. The minimum Gasteiger partial charge on any atom is -0.302 e. The van der Waals surface area contributed by atoms with Gasteiger partial charge < -0.3 is 4.90 Å².